The fourth-order valence-electron chi connectivity index (χ4n) is 6.21. The van der Waals surface area contributed by atoms with Gasteiger partial charge in [-0.15, -0.1) is 0 Å². The molecule has 3 fully saturated rings. The molecule has 0 saturated heterocycles. The van der Waals surface area contributed by atoms with E-state index in [9.17, 15) is 14.4 Å². The summed E-state index contributed by atoms with van der Waals surface area (Å²) in [5, 5.41) is 25.6. The van der Waals surface area contributed by atoms with Crippen LogP contribution in [0.1, 0.15) is 136 Å². The van der Waals surface area contributed by atoms with Crippen molar-refractivity contribution < 1.29 is 51.4 Å². The minimum Gasteiger partial charge on any atom is -0.481 e. The third kappa shape index (κ3) is 13.2. The molecule has 220 valence electrons. The standard InChI is InChI=1S/C11H15.3C7H12O2.Ti/c1-8-7-10-5-3-4-6-11(10)9(8)2;3*8-7(9)6-4-2-1-3-5-6;/h9H,3-6H2,1-2H3;3*6H,1-5H2,(H,8,9);/q-1;;;;. The molecule has 0 aliphatic heterocycles. The number of hydrogen-bond acceptors (Lipinski definition) is 3. The minimum atomic E-state index is -0.602. The van der Waals surface area contributed by atoms with E-state index < -0.39 is 17.9 Å². The minimum absolute atomic E-state index is 0. The molecule has 3 saturated carbocycles. The van der Waals surface area contributed by atoms with Gasteiger partial charge >= 0.3 is 17.9 Å². The van der Waals surface area contributed by atoms with Gasteiger partial charge in [-0.25, -0.2) is 17.2 Å². The first kappa shape index (κ1) is 35.6. The molecule has 0 heterocycles. The molecule has 39 heavy (non-hydrogen) atoms. The van der Waals surface area contributed by atoms with Gasteiger partial charge in [0.2, 0.25) is 0 Å². The molecule has 7 heteroatoms. The molecule has 6 nitrogen and oxygen atoms in total. The smallest absolute Gasteiger partial charge is 0.306 e. The Morgan fingerprint density at radius 1 is 0.590 bits per heavy atom. The van der Waals surface area contributed by atoms with Crippen molar-refractivity contribution in [3.05, 3.63) is 22.8 Å². The number of rotatable bonds is 3. The molecular formula is C32H51O6Ti-. The number of aliphatic carboxylic acids is 3. The van der Waals surface area contributed by atoms with E-state index in [1.807, 2.05) is 0 Å². The topological polar surface area (TPSA) is 112 Å². The van der Waals surface area contributed by atoms with E-state index in [2.05, 4.69) is 19.9 Å². The average molecular weight is 580 g/mol. The fraction of sp³-hybridized carbons (Fsp3) is 0.781. The molecule has 0 aromatic rings. The second-order valence-corrected chi connectivity index (χ2v) is 11.8. The summed E-state index contributed by atoms with van der Waals surface area (Å²) in [7, 11) is 0. The largest absolute Gasteiger partial charge is 0.481 e. The molecule has 3 N–H and O–H groups in total. The molecule has 5 aliphatic carbocycles. The van der Waals surface area contributed by atoms with Crippen LogP contribution in [0.25, 0.3) is 0 Å². The summed E-state index contributed by atoms with van der Waals surface area (Å²) in [6.45, 7) is 4.53. The zero-order valence-electron chi connectivity index (χ0n) is 24.3. The fourth-order valence-corrected chi connectivity index (χ4v) is 6.21. The normalized spacial score (nSPS) is 23.6. The predicted octanol–water partition coefficient (Wildman–Crippen LogP) is 8.21. The van der Waals surface area contributed by atoms with Gasteiger partial charge in [-0.2, -0.15) is 5.57 Å². The zero-order valence-corrected chi connectivity index (χ0v) is 25.9. The Kier molecular flexibility index (Phi) is 17.9. The van der Waals surface area contributed by atoms with Crippen molar-refractivity contribution in [3.63, 3.8) is 0 Å². The quantitative estimate of drug-likeness (QED) is 0.230. The van der Waals surface area contributed by atoms with E-state index in [0.717, 1.165) is 77.0 Å². The first-order chi connectivity index (χ1) is 18.2. The molecule has 1 atom stereocenters. The molecule has 0 aromatic heterocycles. The van der Waals surface area contributed by atoms with Crippen molar-refractivity contribution in [2.75, 3.05) is 0 Å². The van der Waals surface area contributed by atoms with Crippen LogP contribution in [-0.2, 0) is 36.1 Å². The maximum atomic E-state index is 10.4. The third-order valence-electron chi connectivity index (χ3n) is 8.89. The van der Waals surface area contributed by atoms with Crippen molar-refractivity contribution in [2.24, 2.45) is 23.7 Å². The summed E-state index contributed by atoms with van der Waals surface area (Å²) in [4.78, 5) is 31.1. The van der Waals surface area contributed by atoms with Crippen molar-refractivity contribution in [1.29, 1.82) is 0 Å². The number of allylic oxidation sites excluding steroid dienone is 4. The maximum Gasteiger partial charge on any atom is 0.306 e. The average Bonchev–Trinajstić information content (AvgIpc) is 3.24. The van der Waals surface area contributed by atoms with Crippen LogP contribution in [-0.4, -0.2) is 33.2 Å². The van der Waals surface area contributed by atoms with Crippen molar-refractivity contribution in [1.82, 2.24) is 0 Å². The van der Waals surface area contributed by atoms with E-state index >= 15 is 0 Å². The van der Waals surface area contributed by atoms with E-state index in [4.69, 9.17) is 15.3 Å². The van der Waals surface area contributed by atoms with Crippen LogP contribution in [0.4, 0.5) is 0 Å². The Labute approximate surface area is 251 Å². The molecule has 0 radical (unpaired) electrons. The monoisotopic (exact) mass is 579 g/mol. The summed E-state index contributed by atoms with van der Waals surface area (Å²) >= 11 is 0. The molecule has 1 unspecified atom stereocenters. The van der Waals surface area contributed by atoms with Crippen LogP contribution >= 0.6 is 0 Å². The Hall–Kier alpha value is -1.40. The molecule has 5 rings (SSSR count). The van der Waals surface area contributed by atoms with Gasteiger partial charge in [0.25, 0.3) is 0 Å². The van der Waals surface area contributed by atoms with Crippen LogP contribution in [0.2, 0.25) is 0 Å². The van der Waals surface area contributed by atoms with Crippen molar-refractivity contribution >= 4 is 17.9 Å². The summed E-state index contributed by atoms with van der Waals surface area (Å²) in [5.74, 6) is -1.18. The molecule has 0 spiro atoms. The second kappa shape index (κ2) is 19.6. The van der Waals surface area contributed by atoms with Gasteiger partial charge in [-0.1, -0.05) is 103 Å². The van der Waals surface area contributed by atoms with E-state index in [1.165, 1.54) is 50.5 Å². The van der Waals surface area contributed by atoms with Crippen molar-refractivity contribution in [3.8, 4) is 0 Å². The van der Waals surface area contributed by atoms with Gasteiger partial charge in [-0.3, -0.25) is 14.4 Å². The van der Waals surface area contributed by atoms with Gasteiger partial charge in [-0.05, 0) is 38.5 Å². The van der Waals surface area contributed by atoms with Gasteiger partial charge in [0.1, 0.15) is 0 Å². The molecule has 0 aromatic carbocycles. The van der Waals surface area contributed by atoms with Crippen molar-refractivity contribution in [2.45, 2.75) is 136 Å². The van der Waals surface area contributed by atoms with Gasteiger partial charge in [0, 0.05) is 21.7 Å². The molecule has 0 amide bonds. The summed E-state index contributed by atoms with van der Waals surface area (Å²) < 4.78 is 0. The summed E-state index contributed by atoms with van der Waals surface area (Å²) in [6, 6.07) is 0. The number of hydrogen-bond donors (Lipinski definition) is 3. The Balaban J connectivity index is 0.000000259. The summed E-state index contributed by atoms with van der Waals surface area (Å²) in [5.41, 5.74) is 4.69. The predicted molar refractivity (Wildman–Crippen MR) is 150 cm³/mol. The summed E-state index contributed by atoms with van der Waals surface area (Å²) in [6.07, 6.45) is 24.6. The SMILES string of the molecule is CC1=[C-]C2=C(CCCC2)C1C.O=C(O)C1CCCCC1.O=C(O)C1CCCCC1.O=C(O)C1CCCCC1.[Ti]. The molecular weight excluding hydrogens is 528 g/mol. The number of carbonyl (C=O) groups is 3. The third-order valence-corrected chi connectivity index (χ3v) is 8.89. The molecule has 5 aliphatic rings. The van der Waals surface area contributed by atoms with E-state index in [-0.39, 0.29) is 39.5 Å². The van der Waals surface area contributed by atoms with E-state index in [0.29, 0.717) is 5.92 Å². The van der Waals surface area contributed by atoms with Crippen LogP contribution in [0.5, 0.6) is 0 Å². The van der Waals surface area contributed by atoms with E-state index in [1.54, 1.807) is 11.1 Å². The molecule has 0 bridgehead atoms. The Bertz CT molecular complexity index is 748. The Morgan fingerprint density at radius 2 is 0.923 bits per heavy atom. The van der Waals surface area contributed by atoms with Gasteiger partial charge in [0.15, 0.2) is 0 Å². The van der Waals surface area contributed by atoms with Crippen LogP contribution < -0.4 is 0 Å². The van der Waals surface area contributed by atoms with Crippen LogP contribution in [0, 0.1) is 29.7 Å². The van der Waals surface area contributed by atoms with Gasteiger partial charge < -0.3 is 15.3 Å². The zero-order chi connectivity index (χ0) is 27.9. The van der Waals surface area contributed by atoms with Crippen LogP contribution in [0.15, 0.2) is 16.7 Å². The van der Waals surface area contributed by atoms with Crippen LogP contribution in [0.3, 0.4) is 0 Å². The maximum absolute atomic E-state index is 10.4. The van der Waals surface area contributed by atoms with Gasteiger partial charge in [0.05, 0.1) is 17.8 Å². The number of carboxylic acids is 3. The first-order valence-electron chi connectivity index (χ1n) is 15.2. The first-order valence-corrected chi connectivity index (χ1v) is 15.2. The Morgan fingerprint density at radius 3 is 1.21 bits per heavy atom. The number of carboxylic acid groups (broad SMARTS) is 3. The second-order valence-electron chi connectivity index (χ2n) is 11.8.